The van der Waals surface area contributed by atoms with E-state index in [1.54, 1.807) is 42.3 Å². The van der Waals surface area contributed by atoms with E-state index < -0.39 is 0 Å². The predicted molar refractivity (Wildman–Crippen MR) is 161 cm³/mol. The third-order valence-corrected chi connectivity index (χ3v) is 8.49. The first kappa shape index (κ1) is 26.2. The molecule has 4 aromatic carbocycles. The number of anilines is 1. The lowest BCUT2D eigenvalue weighted by Crippen LogP contribution is -2.15. The van der Waals surface area contributed by atoms with E-state index in [9.17, 15) is 14.3 Å². The first-order valence-electron chi connectivity index (χ1n) is 12.6. The van der Waals surface area contributed by atoms with Gasteiger partial charge in [0.25, 0.3) is 5.91 Å². The number of carbonyl (C=O) groups excluding carboxylic acids is 1. The van der Waals surface area contributed by atoms with Crippen molar-refractivity contribution in [3.8, 4) is 5.75 Å². The van der Waals surface area contributed by atoms with Crippen molar-refractivity contribution >= 4 is 61.0 Å². The lowest BCUT2D eigenvalue weighted by Gasteiger charge is -2.14. The Labute approximate surface area is 242 Å². The predicted octanol–water partition coefficient (Wildman–Crippen LogP) is 7.73. The largest absolute Gasteiger partial charge is 0.507 e. The molecule has 40 heavy (non-hydrogen) atoms. The molecule has 9 heteroatoms. The quantitative estimate of drug-likeness (QED) is 0.180. The number of aryl methyl sites for hydroxylation is 1. The molecule has 0 bridgehead atoms. The smallest absolute Gasteiger partial charge is 0.258 e. The summed E-state index contributed by atoms with van der Waals surface area (Å²) in [5.74, 6) is -0.112. The summed E-state index contributed by atoms with van der Waals surface area (Å²) in [4.78, 5) is 14.8. The summed E-state index contributed by atoms with van der Waals surface area (Å²) in [7, 11) is 1.78. The SMILES string of the molecule is Cn1cc(NC(=O)c2c(CSc3ccc(F)cc3)n(Cc3cccc4ccccc34)c3cc(Br)c(O)cc23)cn1. The van der Waals surface area contributed by atoms with Gasteiger partial charge in [-0.05, 0) is 68.7 Å². The lowest BCUT2D eigenvalue weighted by molar-refractivity contribution is 0.102. The zero-order valence-corrected chi connectivity index (χ0v) is 23.8. The Kier molecular flexibility index (Phi) is 7.08. The fourth-order valence-electron chi connectivity index (χ4n) is 4.96. The van der Waals surface area contributed by atoms with Gasteiger partial charge in [0.05, 0.1) is 27.4 Å². The lowest BCUT2D eigenvalue weighted by atomic mass is 10.0. The number of aromatic nitrogens is 3. The van der Waals surface area contributed by atoms with Gasteiger partial charge < -0.3 is 15.0 Å². The summed E-state index contributed by atoms with van der Waals surface area (Å²) in [6.07, 6.45) is 3.32. The number of carbonyl (C=O) groups is 1. The first-order valence-corrected chi connectivity index (χ1v) is 14.3. The van der Waals surface area contributed by atoms with Crippen molar-refractivity contribution in [2.45, 2.75) is 17.2 Å². The van der Waals surface area contributed by atoms with E-state index in [1.165, 1.54) is 23.9 Å². The number of benzene rings is 4. The topological polar surface area (TPSA) is 72.1 Å². The van der Waals surface area contributed by atoms with Gasteiger partial charge in [-0.1, -0.05) is 42.5 Å². The number of fused-ring (bicyclic) bond motifs is 2. The molecule has 2 heterocycles. The van der Waals surface area contributed by atoms with E-state index in [0.717, 1.165) is 32.4 Å². The maximum Gasteiger partial charge on any atom is 0.258 e. The van der Waals surface area contributed by atoms with Gasteiger partial charge in [0.1, 0.15) is 11.6 Å². The van der Waals surface area contributed by atoms with Gasteiger partial charge in [-0.15, -0.1) is 11.8 Å². The second-order valence-electron chi connectivity index (χ2n) is 9.47. The third kappa shape index (κ3) is 5.10. The van der Waals surface area contributed by atoms with Crippen LogP contribution in [0, 0.1) is 5.82 Å². The highest BCUT2D eigenvalue weighted by atomic mass is 79.9. The van der Waals surface area contributed by atoms with Gasteiger partial charge >= 0.3 is 0 Å². The van der Waals surface area contributed by atoms with Crippen LogP contribution in [0.5, 0.6) is 5.75 Å². The molecule has 0 unspecified atom stereocenters. The maximum atomic E-state index is 13.9. The molecule has 2 aromatic heterocycles. The highest BCUT2D eigenvalue weighted by Gasteiger charge is 2.25. The fraction of sp³-hybridized carbons (Fsp3) is 0.0968. The number of aromatic hydroxyl groups is 1. The van der Waals surface area contributed by atoms with E-state index >= 15 is 0 Å². The van der Waals surface area contributed by atoms with Crippen molar-refractivity contribution < 1.29 is 14.3 Å². The monoisotopic (exact) mass is 614 g/mol. The number of nitrogens with one attached hydrogen (secondary N) is 1. The molecule has 200 valence electrons. The summed E-state index contributed by atoms with van der Waals surface area (Å²) in [6.45, 7) is 0.508. The van der Waals surface area contributed by atoms with E-state index in [2.05, 4.69) is 55.2 Å². The van der Waals surface area contributed by atoms with Crippen LogP contribution in [0.3, 0.4) is 0 Å². The molecule has 0 aliphatic heterocycles. The van der Waals surface area contributed by atoms with Crippen LogP contribution in [0.4, 0.5) is 10.1 Å². The van der Waals surface area contributed by atoms with Gasteiger partial charge in [-0.25, -0.2) is 4.39 Å². The van der Waals surface area contributed by atoms with Crippen LogP contribution in [0.15, 0.2) is 101 Å². The van der Waals surface area contributed by atoms with Crippen molar-refractivity contribution in [2.75, 3.05) is 5.32 Å². The van der Waals surface area contributed by atoms with E-state index in [4.69, 9.17) is 0 Å². The number of thioether (sulfide) groups is 1. The van der Waals surface area contributed by atoms with Crippen LogP contribution in [-0.4, -0.2) is 25.4 Å². The van der Waals surface area contributed by atoms with Gasteiger partial charge in [0.2, 0.25) is 0 Å². The van der Waals surface area contributed by atoms with Gasteiger partial charge in [0, 0.05) is 41.5 Å². The fourth-order valence-corrected chi connectivity index (χ4v) is 6.22. The number of phenols is 1. The van der Waals surface area contributed by atoms with Crippen molar-refractivity contribution in [3.63, 3.8) is 0 Å². The Balaban J connectivity index is 1.53. The minimum absolute atomic E-state index is 0.0444. The Bertz CT molecular complexity index is 1880. The molecule has 0 spiro atoms. The van der Waals surface area contributed by atoms with Gasteiger partial charge in [0.15, 0.2) is 0 Å². The highest BCUT2D eigenvalue weighted by molar-refractivity contribution is 9.10. The molecule has 0 radical (unpaired) electrons. The Hall–Kier alpha value is -4.08. The van der Waals surface area contributed by atoms with Crippen molar-refractivity contribution in [3.05, 3.63) is 118 Å². The van der Waals surface area contributed by atoms with E-state index in [1.807, 2.05) is 24.3 Å². The van der Waals surface area contributed by atoms with E-state index in [0.29, 0.717) is 33.4 Å². The number of hydrogen-bond donors (Lipinski definition) is 2. The number of rotatable bonds is 7. The third-order valence-electron chi connectivity index (χ3n) is 6.83. The normalized spacial score (nSPS) is 11.4. The van der Waals surface area contributed by atoms with Crippen LogP contribution < -0.4 is 5.32 Å². The molecule has 6 rings (SSSR count). The summed E-state index contributed by atoms with van der Waals surface area (Å²) in [5.41, 5.74) is 3.74. The molecule has 0 aliphatic carbocycles. The summed E-state index contributed by atoms with van der Waals surface area (Å²) < 4.78 is 17.9. The van der Waals surface area contributed by atoms with Crippen LogP contribution in [-0.2, 0) is 19.3 Å². The molecule has 0 atom stereocenters. The Morgan fingerprint density at radius 3 is 2.60 bits per heavy atom. The van der Waals surface area contributed by atoms with E-state index in [-0.39, 0.29) is 17.5 Å². The molecular weight excluding hydrogens is 591 g/mol. The minimum atomic E-state index is -0.300. The van der Waals surface area contributed by atoms with Crippen molar-refractivity contribution in [1.29, 1.82) is 0 Å². The van der Waals surface area contributed by atoms with Gasteiger partial charge in [-0.3, -0.25) is 9.48 Å². The molecule has 0 aliphatic rings. The molecule has 0 fully saturated rings. The van der Waals surface area contributed by atoms with Crippen molar-refractivity contribution in [2.24, 2.45) is 7.05 Å². The minimum Gasteiger partial charge on any atom is -0.507 e. The van der Waals surface area contributed by atoms with Crippen LogP contribution >= 0.6 is 27.7 Å². The number of hydrogen-bond acceptors (Lipinski definition) is 4. The summed E-state index contributed by atoms with van der Waals surface area (Å²) in [5, 5.41) is 20.7. The first-order chi connectivity index (χ1) is 19.4. The maximum absolute atomic E-state index is 13.9. The number of halogens is 2. The van der Waals surface area contributed by atoms with Crippen LogP contribution in [0.2, 0.25) is 0 Å². The number of nitrogens with zero attached hydrogens (tertiary/aromatic N) is 3. The average molecular weight is 616 g/mol. The molecule has 6 nitrogen and oxygen atoms in total. The molecule has 6 aromatic rings. The van der Waals surface area contributed by atoms with Crippen LogP contribution in [0.1, 0.15) is 21.6 Å². The molecule has 2 N–H and O–H groups in total. The number of phenolic OH excluding ortho intramolecular Hbond substituents is 1. The summed E-state index contributed by atoms with van der Waals surface area (Å²) >= 11 is 4.99. The molecule has 0 saturated heterocycles. The second kappa shape index (κ2) is 10.8. The molecule has 0 saturated carbocycles. The average Bonchev–Trinajstić information content (AvgIpc) is 3.48. The van der Waals surface area contributed by atoms with Gasteiger partial charge in [-0.2, -0.15) is 5.10 Å². The highest BCUT2D eigenvalue weighted by Crippen LogP contribution is 2.38. The summed E-state index contributed by atoms with van der Waals surface area (Å²) in [6, 6.07) is 24.2. The Morgan fingerprint density at radius 2 is 1.82 bits per heavy atom. The van der Waals surface area contributed by atoms with Crippen LogP contribution in [0.25, 0.3) is 21.7 Å². The second-order valence-corrected chi connectivity index (χ2v) is 11.4. The standard InChI is InChI=1S/C31H24BrFN4O2S/c1-36-17-22(15-34-36)35-31(39)30-25-13-29(38)26(32)14-27(25)37(28(30)18-40-23-11-9-21(33)10-12-23)16-20-7-4-6-19-5-2-3-8-24(19)20/h2-15,17,38H,16,18H2,1H3,(H,35,39). The molecular formula is C31H24BrFN4O2S. The zero-order chi connectivity index (χ0) is 27.8. The zero-order valence-electron chi connectivity index (χ0n) is 21.4. The molecule has 1 amide bonds. The number of amides is 1. The van der Waals surface area contributed by atoms with Crippen molar-refractivity contribution in [1.82, 2.24) is 14.3 Å². The Morgan fingerprint density at radius 1 is 1.05 bits per heavy atom.